The Morgan fingerprint density at radius 1 is 0.912 bits per heavy atom. The molecule has 2 aromatic rings. The van der Waals surface area contributed by atoms with Gasteiger partial charge >= 0.3 is 12.1 Å². The Balaban J connectivity index is 2.27. The lowest BCUT2D eigenvalue weighted by atomic mass is 10.0. The monoisotopic (exact) mass is 485 g/mol. The molecule has 2 atom stereocenters. The maximum atomic E-state index is 12.2. The number of benzene rings is 2. The second-order valence-corrected chi connectivity index (χ2v) is 15.2. The van der Waals surface area contributed by atoms with Crippen LogP contribution in [0.25, 0.3) is 0 Å². The van der Waals surface area contributed by atoms with E-state index in [-0.39, 0.29) is 17.4 Å². The van der Waals surface area contributed by atoms with Crippen LogP contribution in [0.4, 0.5) is 4.79 Å². The van der Waals surface area contributed by atoms with Crippen LogP contribution < -0.4 is 15.7 Å². The third kappa shape index (κ3) is 7.18. The van der Waals surface area contributed by atoms with Gasteiger partial charge in [0, 0.05) is 6.61 Å². The smallest absolute Gasteiger partial charge is 0.408 e. The van der Waals surface area contributed by atoms with Gasteiger partial charge in [0.15, 0.2) is 0 Å². The molecule has 0 spiro atoms. The van der Waals surface area contributed by atoms with Crippen molar-refractivity contribution in [3.63, 3.8) is 0 Å². The first kappa shape index (κ1) is 27.6. The number of hydrogen-bond acceptors (Lipinski definition) is 4. The Morgan fingerprint density at radius 2 is 1.38 bits per heavy atom. The van der Waals surface area contributed by atoms with Gasteiger partial charge in [-0.25, -0.2) is 9.59 Å². The number of amides is 1. The lowest BCUT2D eigenvalue weighted by Crippen LogP contribution is -2.66. The minimum atomic E-state index is -2.71. The summed E-state index contributed by atoms with van der Waals surface area (Å²) >= 11 is 0. The van der Waals surface area contributed by atoms with Crippen LogP contribution in [0.15, 0.2) is 60.7 Å². The SMILES string of the molecule is C[C@H](CO[Si](c1ccccc1)(c1ccccc1)C(C)(C)C)C[C@@H](NC(=O)OC(C)(C)C)C(=O)O. The van der Waals surface area contributed by atoms with Crippen LogP contribution in [0.5, 0.6) is 0 Å². The average Bonchev–Trinajstić information content (AvgIpc) is 2.73. The Bertz CT molecular complexity index is 895. The Hall–Kier alpha value is -2.64. The van der Waals surface area contributed by atoms with Gasteiger partial charge in [0.05, 0.1) is 0 Å². The van der Waals surface area contributed by atoms with Crippen molar-refractivity contribution >= 4 is 30.8 Å². The largest absolute Gasteiger partial charge is 0.480 e. The van der Waals surface area contributed by atoms with Crippen molar-refractivity contribution in [2.24, 2.45) is 5.92 Å². The first-order chi connectivity index (χ1) is 15.8. The summed E-state index contributed by atoms with van der Waals surface area (Å²) in [4.78, 5) is 24.0. The van der Waals surface area contributed by atoms with Gasteiger partial charge in [-0.15, -0.1) is 0 Å². The van der Waals surface area contributed by atoms with E-state index in [0.717, 1.165) is 0 Å². The van der Waals surface area contributed by atoms with Crippen molar-refractivity contribution in [2.45, 2.75) is 71.6 Å². The average molecular weight is 486 g/mol. The van der Waals surface area contributed by atoms with Gasteiger partial charge in [-0.2, -0.15) is 0 Å². The molecule has 0 aromatic heterocycles. The highest BCUT2D eigenvalue weighted by molar-refractivity contribution is 6.99. The standard InChI is InChI=1S/C27H39NO5Si/c1-20(18-23(24(29)30)28-25(31)33-26(2,3)4)19-32-34(27(5,6)7,21-14-10-8-11-15-21)22-16-12-9-13-17-22/h8-17,20,23H,18-19H2,1-7H3,(H,28,31)(H,29,30)/t20-,23+/m0/s1. The van der Waals surface area contributed by atoms with E-state index in [2.05, 4.69) is 50.4 Å². The van der Waals surface area contributed by atoms with Gasteiger partial charge in [0.1, 0.15) is 11.6 Å². The molecule has 2 rings (SSSR count). The molecule has 0 aliphatic rings. The lowest BCUT2D eigenvalue weighted by molar-refractivity contribution is -0.140. The highest BCUT2D eigenvalue weighted by Gasteiger charge is 2.50. The summed E-state index contributed by atoms with van der Waals surface area (Å²) in [6.07, 6.45) is -0.507. The van der Waals surface area contributed by atoms with E-state index in [1.807, 2.05) is 43.3 Å². The topological polar surface area (TPSA) is 84.9 Å². The van der Waals surface area contributed by atoms with Crippen molar-refractivity contribution in [1.29, 1.82) is 0 Å². The molecule has 0 unspecified atom stereocenters. The third-order valence-corrected chi connectivity index (χ3v) is 10.6. The van der Waals surface area contributed by atoms with Crippen LogP contribution in [0, 0.1) is 5.92 Å². The van der Waals surface area contributed by atoms with Crippen molar-refractivity contribution < 1.29 is 23.9 Å². The van der Waals surface area contributed by atoms with Crippen molar-refractivity contribution in [1.82, 2.24) is 5.32 Å². The number of rotatable bonds is 9. The molecule has 6 nitrogen and oxygen atoms in total. The van der Waals surface area contributed by atoms with Crippen molar-refractivity contribution in [3.8, 4) is 0 Å². The molecular weight excluding hydrogens is 446 g/mol. The minimum Gasteiger partial charge on any atom is -0.480 e. The summed E-state index contributed by atoms with van der Waals surface area (Å²) in [6.45, 7) is 14.1. The molecular formula is C27H39NO5Si. The molecule has 2 aromatic carbocycles. The van der Waals surface area contributed by atoms with E-state index in [1.54, 1.807) is 20.8 Å². The predicted octanol–water partition coefficient (Wildman–Crippen LogP) is 4.57. The van der Waals surface area contributed by atoms with Crippen molar-refractivity contribution in [2.75, 3.05) is 6.61 Å². The van der Waals surface area contributed by atoms with E-state index in [0.29, 0.717) is 6.61 Å². The van der Waals surface area contributed by atoms with Crippen LogP contribution in [-0.4, -0.2) is 43.7 Å². The summed E-state index contributed by atoms with van der Waals surface area (Å²) in [5.74, 6) is -1.21. The molecule has 0 saturated heterocycles. The maximum Gasteiger partial charge on any atom is 0.408 e. The van der Waals surface area contributed by atoms with Gasteiger partial charge in [0.2, 0.25) is 0 Å². The predicted molar refractivity (Wildman–Crippen MR) is 138 cm³/mol. The summed E-state index contributed by atoms with van der Waals surface area (Å²) in [5, 5.41) is 14.3. The number of carboxylic acids is 1. The summed E-state index contributed by atoms with van der Waals surface area (Å²) in [6, 6.07) is 19.6. The normalized spacial score (nSPS) is 14.2. The molecule has 0 aliphatic carbocycles. The fourth-order valence-corrected chi connectivity index (χ4v) is 8.86. The van der Waals surface area contributed by atoms with E-state index in [9.17, 15) is 14.7 Å². The second kappa shape index (κ2) is 11.2. The molecule has 1 amide bonds. The van der Waals surface area contributed by atoms with Gasteiger partial charge in [-0.05, 0) is 48.5 Å². The number of alkyl carbamates (subject to hydrolysis) is 1. The zero-order chi connectivity index (χ0) is 25.6. The fraction of sp³-hybridized carbons (Fsp3) is 0.481. The molecule has 7 heteroatoms. The number of carboxylic acid groups (broad SMARTS) is 1. The van der Waals surface area contributed by atoms with Crippen molar-refractivity contribution in [3.05, 3.63) is 60.7 Å². The number of hydrogen-bond donors (Lipinski definition) is 2. The molecule has 0 radical (unpaired) electrons. The minimum absolute atomic E-state index is 0.113. The molecule has 0 aliphatic heterocycles. The molecule has 2 N–H and O–H groups in total. The second-order valence-electron chi connectivity index (χ2n) is 10.9. The van der Waals surface area contributed by atoms with Crippen LogP contribution in [0.2, 0.25) is 5.04 Å². The first-order valence-electron chi connectivity index (χ1n) is 11.7. The lowest BCUT2D eigenvalue weighted by Gasteiger charge is -2.43. The van der Waals surface area contributed by atoms with Gasteiger partial charge in [0.25, 0.3) is 8.32 Å². The Kier molecular flexibility index (Phi) is 9.08. The maximum absolute atomic E-state index is 12.2. The quantitative estimate of drug-likeness (QED) is 0.509. The molecule has 0 heterocycles. The molecule has 0 saturated carbocycles. The van der Waals surface area contributed by atoms with Crippen LogP contribution in [-0.2, 0) is 14.0 Å². The van der Waals surface area contributed by atoms with E-state index < -0.39 is 32.0 Å². The fourth-order valence-electron chi connectivity index (χ4n) is 4.17. The molecule has 0 fully saturated rings. The summed E-state index contributed by atoms with van der Waals surface area (Å²) in [5.41, 5.74) is -0.703. The number of carbonyl (C=O) groups is 2. The van der Waals surface area contributed by atoms with E-state index in [1.165, 1.54) is 10.4 Å². The van der Waals surface area contributed by atoms with E-state index in [4.69, 9.17) is 9.16 Å². The van der Waals surface area contributed by atoms with E-state index >= 15 is 0 Å². The van der Waals surface area contributed by atoms with Crippen LogP contribution in [0.1, 0.15) is 54.9 Å². The van der Waals surface area contributed by atoms with Crippen LogP contribution >= 0.6 is 0 Å². The zero-order valence-electron chi connectivity index (χ0n) is 21.4. The number of ether oxygens (including phenoxy) is 1. The van der Waals surface area contributed by atoms with Gasteiger partial charge in [-0.3, -0.25) is 0 Å². The number of nitrogens with one attached hydrogen (secondary N) is 1. The van der Waals surface area contributed by atoms with Crippen LogP contribution in [0.3, 0.4) is 0 Å². The van der Waals surface area contributed by atoms with Gasteiger partial charge < -0.3 is 19.6 Å². The zero-order valence-corrected chi connectivity index (χ0v) is 22.4. The molecule has 34 heavy (non-hydrogen) atoms. The summed E-state index contributed by atoms with van der Waals surface area (Å²) in [7, 11) is -2.71. The first-order valence-corrected chi connectivity index (χ1v) is 13.6. The highest BCUT2D eigenvalue weighted by atomic mass is 28.4. The highest BCUT2D eigenvalue weighted by Crippen LogP contribution is 2.37. The molecule has 186 valence electrons. The number of aliphatic carboxylic acids is 1. The Labute approximate surface area is 204 Å². The molecule has 0 bridgehead atoms. The third-order valence-electron chi connectivity index (χ3n) is 5.63. The van der Waals surface area contributed by atoms with Gasteiger partial charge in [-0.1, -0.05) is 88.4 Å². The Morgan fingerprint density at radius 3 is 1.76 bits per heavy atom. The summed E-state index contributed by atoms with van der Waals surface area (Å²) < 4.78 is 12.1. The number of carbonyl (C=O) groups excluding carboxylic acids is 1.